The molecule has 216 valence electrons. The predicted molar refractivity (Wildman–Crippen MR) is 155 cm³/mol. The third-order valence-electron chi connectivity index (χ3n) is 6.36. The number of amides is 3. The summed E-state index contributed by atoms with van der Waals surface area (Å²) in [6.45, 7) is 0.996. The fourth-order valence-electron chi connectivity index (χ4n) is 4.36. The van der Waals surface area contributed by atoms with Crippen LogP contribution in [0.2, 0.25) is 5.02 Å². The number of imidazole rings is 1. The van der Waals surface area contributed by atoms with Gasteiger partial charge in [0.25, 0.3) is 0 Å². The number of benzene rings is 2. The Morgan fingerprint density at radius 2 is 2.02 bits per heavy atom. The summed E-state index contributed by atoms with van der Waals surface area (Å²) in [7, 11) is 1.29. The van der Waals surface area contributed by atoms with Crippen molar-refractivity contribution < 1.29 is 19.1 Å². The molecule has 2 aromatic heterocycles. The number of halogens is 1. The first-order valence-electron chi connectivity index (χ1n) is 13.0. The molecule has 1 aliphatic heterocycles. The van der Waals surface area contributed by atoms with E-state index >= 15 is 0 Å². The van der Waals surface area contributed by atoms with E-state index in [1.54, 1.807) is 42.6 Å². The Labute approximate surface area is 244 Å². The first-order valence-corrected chi connectivity index (χ1v) is 13.3. The number of ether oxygens (including phenoxy) is 1. The van der Waals surface area contributed by atoms with Gasteiger partial charge in [-0.15, -0.1) is 5.10 Å². The molecule has 2 aromatic carbocycles. The van der Waals surface area contributed by atoms with E-state index in [4.69, 9.17) is 11.6 Å². The van der Waals surface area contributed by atoms with E-state index in [1.165, 1.54) is 24.2 Å². The molecule has 5 N–H and O–H groups in total. The van der Waals surface area contributed by atoms with Gasteiger partial charge >= 0.3 is 6.09 Å². The summed E-state index contributed by atoms with van der Waals surface area (Å²) < 4.78 is 6.15. The van der Waals surface area contributed by atoms with Gasteiger partial charge in [-0.2, -0.15) is 4.68 Å². The molecule has 0 spiro atoms. The lowest BCUT2D eigenvalue weighted by atomic mass is 10.1. The zero-order valence-electron chi connectivity index (χ0n) is 22.4. The van der Waals surface area contributed by atoms with Gasteiger partial charge in [0.1, 0.15) is 12.2 Å². The van der Waals surface area contributed by atoms with Crippen molar-refractivity contribution in [2.75, 3.05) is 30.8 Å². The van der Waals surface area contributed by atoms with E-state index in [-0.39, 0.29) is 12.3 Å². The number of aromatic amines is 1. The van der Waals surface area contributed by atoms with Crippen molar-refractivity contribution in [2.24, 2.45) is 0 Å². The normalized spacial score (nSPS) is 15.3. The SMILES string of the molecule is COC(=O)Nc1ccc2c(c1)NCCCNC(=O)C[C@H](NC(=O)C=Cc1cc(Cl)ccc1-n1cnnn1)c1ncc-2[nH]1. The lowest BCUT2D eigenvalue weighted by Gasteiger charge is -2.16. The quantitative estimate of drug-likeness (QED) is 0.218. The standard InChI is InChI=1S/C27H27ClN10O4/c1-42-27(41)33-18-5-6-19-20(12-18)29-9-2-10-30-25(40)13-21(26-31-14-22(19)35-26)34-24(39)8-3-16-11-17(28)4-7-23(16)38-15-32-36-37-38/h3-8,11-12,14-15,21,29H,2,9-10,13H2,1H3,(H,30,40)(H,31,35)(H,33,41)(H,34,39)/t21-/m0/s1. The van der Waals surface area contributed by atoms with Crippen LogP contribution in [0.5, 0.6) is 0 Å². The monoisotopic (exact) mass is 590 g/mol. The maximum absolute atomic E-state index is 13.1. The van der Waals surface area contributed by atoms with E-state index in [0.29, 0.717) is 53.0 Å². The second-order valence-electron chi connectivity index (χ2n) is 9.25. The van der Waals surface area contributed by atoms with Gasteiger partial charge in [0.2, 0.25) is 11.8 Å². The minimum Gasteiger partial charge on any atom is -0.453 e. The summed E-state index contributed by atoms with van der Waals surface area (Å²) in [5.74, 6) is -0.279. The van der Waals surface area contributed by atoms with Crippen LogP contribution >= 0.6 is 11.6 Å². The fraction of sp³-hybridized carbons (Fsp3) is 0.222. The number of nitrogens with one attached hydrogen (secondary N) is 5. The van der Waals surface area contributed by atoms with Crippen molar-refractivity contribution in [1.82, 2.24) is 40.8 Å². The topological polar surface area (TPSA) is 181 Å². The number of methoxy groups -OCH3 is 1. The Kier molecular flexibility index (Phi) is 8.72. The van der Waals surface area contributed by atoms with Crippen LogP contribution in [-0.2, 0) is 14.3 Å². The molecule has 1 aliphatic rings. The first kappa shape index (κ1) is 28.3. The van der Waals surface area contributed by atoms with Gasteiger partial charge in [0.05, 0.1) is 37.2 Å². The molecule has 0 unspecified atom stereocenters. The minimum atomic E-state index is -0.744. The molecule has 0 aliphatic carbocycles. The second-order valence-corrected chi connectivity index (χ2v) is 9.68. The van der Waals surface area contributed by atoms with Crippen LogP contribution in [0, 0.1) is 0 Å². The Bertz CT molecular complexity index is 1620. The maximum atomic E-state index is 13.1. The molecule has 1 atom stereocenters. The van der Waals surface area contributed by atoms with Crippen molar-refractivity contribution in [3.05, 3.63) is 71.4 Å². The molecule has 0 radical (unpaired) electrons. The van der Waals surface area contributed by atoms with E-state index in [2.05, 4.69) is 51.5 Å². The van der Waals surface area contributed by atoms with Crippen molar-refractivity contribution in [3.63, 3.8) is 0 Å². The van der Waals surface area contributed by atoms with Crippen LogP contribution in [0.15, 0.2) is 55.0 Å². The number of carbonyl (C=O) groups is 3. The molecule has 42 heavy (non-hydrogen) atoms. The minimum absolute atomic E-state index is 0.0259. The van der Waals surface area contributed by atoms with E-state index in [0.717, 1.165) is 11.3 Å². The van der Waals surface area contributed by atoms with Crippen LogP contribution in [0.4, 0.5) is 16.2 Å². The number of H-pyrrole nitrogens is 1. The Morgan fingerprint density at radius 3 is 2.83 bits per heavy atom. The van der Waals surface area contributed by atoms with E-state index in [1.807, 2.05) is 6.07 Å². The van der Waals surface area contributed by atoms with Crippen molar-refractivity contribution in [3.8, 4) is 16.9 Å². The molecule has 0 fully saturated rings. The van der Waals surface area contributed by atoms with Gasteiger partial charge in [-0.25, -0.2) is 9.78 Å². The highest BCUT2D eigenvalue weighted by molar-refractivity contribution is 6.30. The molecule has 0 saturated carbocycles. The van der Waals surface area contributed by atoms with Crippen molar-refractivity contribution in [2.45, 2.75) is 18.9 Å². The van der Waals surface area contributed by atoms with Gasteiger partial charge in [-0.1, -0.05) is 11.6 Å². The van der Waals surface area contributed by atoms with Crippen molar-refractivity contribution >= 4 is 47.0 Å². The first-order chi connectivity index (χ1) is 20.4. The maximum Gasteiger partial charge on any atom is 0.411 e. The van der Waals surface area contributed by atoms with Gasteiger partial charge in [0, 0.05) is 46.7 Å². The number of fused-ring (bicyclic) bond motifs is 4. The Morgan fingerprint density at radius 1 is 1.17 bits per heavy atom. The number of rotatable bonds is 5. The highest BCUT2D eigenvalue weighted by Gasteiger charge is 2.22. The molecule has 3 amide bonds. The smallest absolute Gasteiger partial charge is 0.411 e. The number of aromatic nitrogens is 6. The number of anilines is 2. The number of tetrazole rings is 1. The van der Waals surface area contributed by atoms with Crippen molar-refractivity contribution in [1.29, 1.82) is 0 Å². The average Bonchev–Trinajstić information content (AvgIpc) is 3.69. The zero-order chi connectivity index (χ0) is 29.5. The molecule has 3 heterocycles. The summed E-state index contributed by atoms with van der Waals surface area (Å²) >= 11 is 6.18. The van der Waals surface area contributed by atoms with Gasteiger partial charge in [-0.05, 0) is 59.3 Å². The van der Waals surface area contributed by atoms with Crippen LogP contribution in [0.25, 0.3) is 23.0 Å². The molecule has 15 heteroatoms. The summed E-state index contributed by atoms with van der Waals surface area (Å²) in [5.41, 5.74) is 3.99. The number of hydrogen-bond acceptors (Lipinski definition) is 9. The number of nitrogens with zero attached hydrogens (tertiary/aromatic N) is 5. The number of carbonyl (C=O) groups excluding carboxylic acids is 3. The molecular weight excluding hydrogens is 564 g/mol. The summed E-state index contributed by atoms with van der Waals surface area (Å²) in [6.07, 6.45) is 6.04. The third-order valence-corrected chi connectivity index (χ3v) is 6.60. The molecule has 5 rings (SSSR count). The third kappa shape index (κ3) is 6.90. The van der Waals surface area contributed by atoms with E-state index in [9.17, 15) is 14.4 Å². The van der Waals surface area contributed by atoms with Crippen LogP contribution < -0.4 is 21.3 Å². The molecular formula is C27H27ClN10O4. The Balaban J connectivity index is 1.40. The molecule has 14 nitrogen and oxygen atoms in total. The zero-order valence-corrected chi connectivity index (χ0v) is 23.2. The average molecular weight is 591 g/mol. The molecule has 2 bridgehead atoms. The second kappa shape index (κ2) is 13.0. The fourth-order valence-corrected chi connectivity index (χ4v) is 4.54. The van der Waals surface area contributed by atoms with Gasteiger partial charge in [-0.3, -0.25) is 14.9 Å². The predicted octanol–water partition coefficient (Wildman–Crippen LogP) is 3.08. The van der Waals surface area contributed by atoms with Crippen LogP contribution in [0.3, 0.4) is 0 Å². The lowest BCUT2D eigenvalue weighted by molar-refractivity contribution is -0.122. The van der Waals surface area contributed by atoms with Crippen LogP contribution in [0.1, 0.15) is 30.3 Å². The number of hydrogen-bond donors (Lipinski definition) is 5. The molecule has 4 aromatic rings. The lowest BCUT2D eigenvalue weighted by Crippen LogP contribution is -2.34. The summed E-state index contributed by atoms with van der Waals surface area (Å²) in [6, 6.07) is 9.73. The largest absolute Gasteiger partial charge is 0.453 e. The van der Waals surface area contributed by atoms with Gasteiger partial charge < -0.3 is 25.7 Å². The summed E-state index contributed by atoms with van der Waals surface area (Å²) in [5, 5.41) is 23.4. The summed E-state index contributed by atoms with van der Waals surface area (Å²) in [4.78, 5) is 45.2. The highest BCUT2D eigenvalue weighted by atomic mass is 35.5. The Hall–Kier alpha value is -5.24. The van der Waals surface area contributed by atoms with Crippen LogP contribution in [-0.4, -0.2) is 68.3 Å². The van der Waals surface area contributed by atoms with E-state index < -0.39 is 18.0 Å². The highest BCUT2D eigenvalue weighted by Crippen LogP contribution is 2.31. The molecule has 0 saturated heterocycles. The van der Waals surface area contributed by atoms with Gasteiger partial charge in [0.15, 0.2) is 0 Å².